The van der Waals surface area contributed by atoms with E-state index in [0.717, 1.165) is 25.3 Å². The summed E-state index contributed by atoms with van der Waals surface area (Å²) >= 11 is 0. The Labute approximate surface area is 104 Å². The van der Waals surface area contributed by atoms with E-state index in [1.165, 1.54) is 24.9 Å². The van der Waals surface area contributed by atoms with Crippen molar-refractivity contribution in [3.63, 3.8) is 0 Å². The Morgan fingerprint density at radius 3 is 3.18 bits per heavy atom. The van der Waals surface area contributed by atoms with Crippen LogP contribution in [0.5, 0.6) is 5.75 Å². The van der Waals surface area contributed by atoms with Crippen molar-refractivity contribution in [2.75, 3.05) is 26.7 Å². The minimum Gasteiger partial charge on any atom is -0.497 e. The van der Waals surface area contributed by atoms with Crippen LogP contribution in [-0.2, 0) is 6.42 Å². The van der Waals surface area contributed by atoms with Gasteiger partial charge in [-0.3, -0.25) is 0 Å². The van der Waals surface area contributed by atoms with Gasteiger partial charge in [0.25, 0.3) is 0 Å². The van der Waals surface area contributed by atoms with Gasteiger partial charge in [-0.25, -0.2) is 0 Å². The second-order valence-electron chi connectivity index (χ2n) is 4.60. The number of methoxy groups -OCH3 is 1. The predicted molar refractivity (Wildman–Crippen MR) is 70.6 cm³/mol. The first-order chi connectivity index (χ1) is 8.38. The van der Waals surface area contributed by atoms with E-state index >= 15 is 0 Å². The lowest BCUT2D eigenvalue weighted by molar-refractivity contribution is 0.414. The van der Waals surface area contributed by atoms with Crippen LogP contribution in [0.15, 0.2) is 24.3 Å². The third-order valence-electron chi connectivity index (χ3n) is 3.28. The molecule has 2 rings (SSSR count). The molecule has 3 nitrogen and oxygen atoms in total. The zero-order chi connectivity index (χ0) is 11.9. The molecular weight excluding hydrogens is 212 g/mol. The average Bonchev–Trinajstić information content (AvgIpc) is 2.88. The fraction of sp³-hybridized carbons (Fsp3) is 0.571. The van der Waals surface area contributed by atoms with Gasteiger partial charge in [-0.1, -0.05) is 12.1 Å². The van der Waals surface area contributed by atoms with E-state index < -0.39 is 0 Å². The van der Waals surface area contributed by atoms with Crippen LogP contribution in [0.3, 0.4) is 0 Å². The Morgan fingerprint density at radius 2 is 2.41 bits per heavy atom. The van der Waals surface area contributed by atoms with Crippen LogP contribution in [0, 0.1) is 0 Å². The van der Waals surface area contributed by atoms with Crippen molar-refractivity contribution < 1.29 is 4.74 Å². The molecular formula is C14H22N2O. The van der Waals surface area contributed by atoms with Crippen molar-refractivity contribution in [1.29, 1.82) is 0 Å². The number of hydrogen-bond acceptors (Lipinski definition) is 3. The second kappa shape index (κ2) is 6.62. The minimum atomic E-state index is 0.681. The SMILES string of the molecule is COc1cccc(CCNCC2CCCN2)c1. The molecule has 0 amide bonds. The number of hydrogen-bond donors (Lipinski definition) is 2. The molecule has 1 fully saturated rings. The van der Waals surface area contributed by atoms with Crippen LogP contribution in [0.1, 0.15) is 18.4 Å². The van der Waals surface area contributed by atoms with Crippen LogP contribution in [-0.4, -0.2) is 32.8 Å². The van der Waals surface area contributed by atoms with Gasteiger partial charge in [-0.2, -0.15) is 0 Å². The Bertz CT molecular complexity index is 335. The topological polar surface area (TPSA) is 33.3 Å². The molecule has 1 atom stereocenters. The van der Waals surface area contributed by atoms with Gasteiger partial charge in [0.1, 0.15) is 5.75 Å². The van der Waals surface area contributed by atoms with Gasteiger partial charge in [0, 0.05) is 12.6 Å². The molecule has 1 aliphatic rings. The van der Waals surface area contributed by atoms with E-state index in [2.05, 4.69) is 22.8 Å². The maximum absolute atomic E-state index is 5.21. The Morgan fingerprint density at radius 1 is 1.47 bits per heavy atom. The first-order valence-corrected chi connectivity index (χ1v) is 6.45. The summed E-state index contributed by atoms with van der Waals surface area (Å²) in [6.07, 6.45) is 3.69. The second-order valence-corrected chi connectivity index (χ2v) is 4.60. The molecule has 1 aromatic rings. The van der Waals surface area contributed by atoms with Gasteiger partial charge in [0.05, 0.1) is 7.11 Å². The largest absolute Gasteiger partial charge is 0.497 e. The van der Waals surface area contributed by atoms with Crippen LogP contribution in [0.2, 0.25) is 0 Å². The summed E-state index contributed by atoms with van der Waals surface area (Å²) in [6, 6.07) is 8.97. The van der Waals surface area contributed by atoms with Crippen molar-refractivity contribution in [3.05, 3.63) is 29.8 Å². The van der Waals surface area contributed by atoms with Crippen molar-refractivity contribution in [1.82, 2.24) is 10.6 Å². The van der Waals surface area contributed by atoms with Gasteiger partial charge in [-0.15, -0.1) is 0 Å². The fourth-order valence-electron chi connectivity index (χ4n) is 2.27. The van der Waals surface area contributed by atoms with Gasteiger partial charge >= 0.3 is 0 Å². The molecule has 2 N–H and O–H groups in total. The Balaban J connectivity index is 1.66. The molecule has 1 aliphatic heterocycles. The third-order valence-corrected chi connectivity index (χ3v) is 3.28. The molecule has 0 spiro atoms. The van der Waals surface area contributed by atoms with Crippen LogP contribution < -0.4 is 15.4 Å². The number of nitrogens with one attached hydrogen (secondary N) is 2. The molecule has 1 heterocycles. The highest BCUT2D eigenvalue weighted by Gasteiger charge is 2.12. The molecule has 0 saturated carbocycles. The standard InChI is InChI=1S/C14H22N2O/c1-17-14-6-2-4-12(10-14)7-9-15-11-13-5-3-8-16-13/h2,4,6,10,13,15-16H,3,5,7-9,11H2,1H3. The Kier molecular flexibility index (Phi) is 4.83. The average molecular weight is 234 g/mol. The van der Waals surface area contributed by atoms with Gasteiger partial charge in [0.15, 0.2) is 0 Å². The normalized spacial score (nSPS) is 19.5. The molecule has 0 bridgehead atoms. The molecule has 1 unspecified atom stereocenters. The van der Waals surface area contributed by atoms with E-state index in [0.29, 0.717) is 6.04 Å². The van der Waals surface area contributed by atoms with E-state index in [1.807, 2.05) is 12.1 Å². The summed E-state index contributed by atoms with van der Waals surface area (Å²) < 4.78 is 5.21. The molecule has 3 heteroatoms. The maximum atomic E-state index is 5.21. The van der Waals surface area contributed by atoms with E-state index in [-0.39, 0.29) is 0 Å². The van der Waals surface area contributed by atoms with E-state index in [4.69, 9.17) is 4.74 Å². The lowest BCUT2D eigenvalue weighted by atomic mass is 10.1. The molecule has 1 saturated heterocycles. The number of ether oxygens (including phenoxy) is 1. The summed E-state index contributed by atoms with van der Waals surface area (Å²) in [5.74, 6) is 0.944. The van der Waals surface area contributed by atoms with Crippen molar-refractivity contribution in [2.45, 2.75) is 25.3 Å². The summed E-state index contributed by atoms with van der Waals surface area (Å²) in [7, 11) is 1.71. The number of benzene rings is 1. The quantitative estimate of drug-likeness (QED) is 0.733. The first-order valence-electron chi connectivity index (χ1n) is 6.45. The Hall–Kier alpha value is -1.06. The zero-order valence-corrected chi connectivity index (χ0v) is 10.5. The highest BCUT2D eigenvalue weighted by atomic mass is 16.5. The summed E-state index contributed by atoms with van der Waals surface area (Å²) in [5.41, 5.74) is 1.33. The molecule has 1 aromatic carbocycles. The van der Waals surface area contributed by atoms with Gasteiger partial charge < -0.3 is 15.4 Å². The summed E-state index contributed by atoms with van der Waals surface area (Å²) in [4.78, 5) is 0. The fourth-order valence-corrected chi connectivity index (χ4v) is 2.27. The van der Waals surface area contributed by atoms with E-state index in [9.17, 15) is 0 Å². The van der Waals surface area contributed by atoms with Crippen LogP contribution in [0.25, 0.3) is 0 Å². The minimum absolute atomic E-state index is 0.681. The summed E-state index contributed by atoms with van der Waals surface area (Å²) in [6.45, 7) is 3.30. The monoisotopic (exact) mass is 234 g/mol. The van der Waals surface area contributed by atoms with Crippen molar-refractivity contribution >= 4 is 0 Å². The molecule has 0 radical (unpaired) electrons. The highest BCUT2D eigenvalue weighted by molar-refractivity contribution is 5.28. The molecule has 17 heavy (non-hydrogen) atoms. The van der Waals surface area contributed by atoms with Gasteiger partial charge in [-0.05, 0) is 50.0 Å². The first kappa shape index (κ1) is 12.4. The van der Waals surface area contributed by atoms with Crippen molar-refractivity contribution in [2.24, 2.45) is 0 Å². The molecule has 0 aromatic heterocycles. The van der Waals surface area contributed by atoms with Crippen molar-refractivity contribution in [3.8, 4) is 5.75 Å². The van der Waals surface area contributed by atoms with E-state index in [1.54, 1.807) is 7.11 Å². The third kappa shape index (κ3) is 4.02. The summed E-state index contributed by atoms with van der Waals surface area (Å²) in [5, 5.41) is 7.00. The molecule has 94 valence electrons. The highest BCUT2D eigenvalue weighted by Crippen LogP contribution is 2.12. The maximum Gasteiger partial charge on any atom is 0.119 e. The lowest BCUT2D eigenvalue weighted by Crippen LogP contribution is -2.34. The van der Waals surface area contributed by atoms with Crippen LogP contribution >= 0.6 is 0 Å². The zero-order valence-electron chi connectivity index (χ0n) is 10.5. The predicted octanol–water partition coefficient (Wildman–Crippen LogP) is 1.58. The lowest BCUT2D eigenvalue weighted by Gasteiger charge is -2.11. The smallest absolute Gasteiger partial charge is 0.119 e. The molecule has 0 aliphatic carbocycles. The van der Waals surface area contributed by atoms with Crippen LogP contribution in [0.4, 0.5) is 0 Å². The van der Waals surface area contributed by atoms with Gasteiger partial charge in [0.2, 0.25) is 0 Å². The number of rotatable bonds is 6.